The van der Waals surface area contributed by atoms with Crippen LogP contribution in [0, 0.1) is 0 Å². The summed E-state index contributed by atoms with van der Waals surface area (Å²) < 4.78 is 46.3. The number of anilines is 1. The second kappa shape index (κ2) is 8.12. The summed E-state index contributed by atoms with van der Waals surface area (Å²) >= 11 is -4.61. The second-order valence-corrected chi connectivity index (χ2v) is 9.06. The maximum absolute atomic E-state index is 12.7. The molecular formula is C18H21NO6Se. The third-order valence-electron chi connectivity index (χ3n) is 3.66. The molecule has 0 fully saturated rings. The average molecular weight is 426 g/mol. The molecule has 0 amide bonds. The molecule has 7 nitrogen and oxygen atoms in total. The molecule has 0 saturated carbocycles. The number of nitrogen functional groups attached to an aromatic ring is 1. The van der Waals surface area contributed by atoms with Gasteiger partial charge in [-0.2, -0.15) is 0 Å². The van der Waals surface area contributed by atoms with Crippen LogP contribution in [0.4, 0.5) is 5.69 Å². The van der Waals surface area contributed by atoms with Crippen LogP contribution in [-0.2, 0) is 7.67 Å². The first kappa shape index (κ1) is 19.6. The van der Waals surface area contributed by atoms with Crippen molar-refractivity contribution >= 4 is 28.9 Å². The van der Waals surface area contributed by atoms with Gasteiger partial charge in [0.15, 0.2) is 0 Å². The number of benzene rings is 2. The van der Waals surface area contributed by atoms with Crippen molar-refractivity contribution in [1.82, 2.24) is 0 Å². The van der Waals surface area contributed by atoms with Gasteiger partial charge in [0, 0.05) is 0 Å². The number of nitrogens with two attached hydrogens (primary N) is 1. The van der Waals surface area contributed by atoms with Crippen LogP contribution in [0.3, 0.4) is 0 Å². The van der Waals surface area contributed by atoms with Crippen molar-refractivity contribution in [3.63, 3.8) is 0 Å². The molecule has 0 aliphatic rings. The van der Waals surface area contributed by atoms with Gasteiger partial charge in [0.2, 0.25) is 0 Å². The average Bonchev–Trinajstić information content (AvgIpc) is 2.65. The Balaban J connectivity index is 2.42. The Morgan fingerprint density at radius 2 is 1.42 bits per heavy atom. The molecule has 0 unspecified atom stereocenters. The van der Waals surface area contributed by atoms with Crippen molar-refractivity contribution < 1.29 is 26.6 Å². The molecule has 0 heterocycles. The summed E-state index contributed by atoms with van der Waals surface area (Å²) in [6.45, 7) is 0. The molecule has 0 atom stereocenters. The first-order valence-electron chi connectivity index (χ1n) is 7.53. The van der Waals surface area contributed by atoms with Gasteiger partial charge in [-0.15, -0.1) is 0 Å². The van der Waals surface area contributed by atoms with Crippen molar-refractivity contribution in [2.75, 3.05) is 34.2 Å². The van der Waals surface area contributed by atoms with E-state index in [4.69, 9.17) is 24.7 Å². The fraction of sp³-hybridized carbons (Fsp3) is 0.222. The fourth-order valence-electron chi connectivity index (χ4n) is 2.32. The monoisotopic (exact) mass is 427 g/mol. The molecule has 2 aromatic carbocycles. The van der Waals surface area contributed by atoms with Crippen LogP contribution in [0.5, 0.6) is 23.0 Å². The van der Waals surface area contributed by atoms with E-state index in [0.29, 0.717) is 22.7 Å². The Morgan fingerprint density at radius 1 is 0.846 bits per heavy atom. The summed E-state index contributed by atoms with van der Waals surface area (Å²) in [4.78, 5) is 1.17. The van der Waals surface area contributed by atoms with Gasteiger partial charge in [-0.3, -0.25) is 0 Å². The topological polar surface area (TPSA) is 97.1 Å². The normalized spacial score (nSPS) is 11.4. The molecule has 140 valence electrons. The zero-order valence-corrected chi connectivity index (χ0v) is 16.7. The molecule has 26 heavy (non-hydrogen) atoms. The predicted molar refractivity (Wildman–Crippen MR) is 99.3 cm³/mol. The minimum atomic E-state index is -4.61. The van der Waals surface area contributed by atoms with Crippen LogP contribution in [-0.4, -0.2) is 41.1 Å². The van der Waals surface area contributed by atoms with Crippen molar-refractivity contribution in [2.24, 2.45) is 0 Å². The molecule has 0 bridgehead atoms. The summed E-state index contributed by atoms with van der Waals surface area (Å²) in [6.07, 6.45) is 1.49. The van der Waals surface area contributed by atoms with Crippen LogP contribution in [0.25, 0.3) is 6.08 Å². The first-order valence-corrected chi connectivity index (χ1v) is 10.8. The van der Waals surface area contributed by atoms with Crippen LogP contribution in [0.1, 0.15) is 5.56 Å². The second-order valence-electron chi connectivity index (χ2n) is 5.21. The van der Waals surface area contributed by atoms with Gasteiger partial charge >= 0.3 is 154 Å². The standard InChI is InChI=1S/C18H21NO6Se/c1-22-15-6-5-12(9-14(15)19)7-8-26(20,21)13-10-16(23-2)18(25-4)17(11-13)24-3/h5-11H,19H2,1-4H3/b8-7+. The van der Waals surface area contributed by atoms with Gasteiger partial charge < -0.3 is 0 Å². The van der Waals surface area contributed by atoms with E-state index in [0.717, 1.165) is 0 Å². The maximum atomic E-state index is 12.7. The molecule has 2 rings (SSSR count). The molecular weight excluding hydrogens is 405 g/mol. The van der Waals surface area contributed by atoms with E-state index in [1.54, 1.807) is 18.2 Å². The van der Waals surface area contributed by atoms with Crippen molar-refractivity contribution in [1.29, 1.82) is 0 Å². The van der Waals surface area contributed by atoms with Crippen molar-refractivity contribution in [3.8, 4) is 23.0 Å². The van der Waals surface area contributed by atoms with E-state index < -0.39 is 12.7 Å². The van der Waals surface area contributed by atoms with Crippen molar-refractivity contribution in [2.45, 2.75) is 0 Å². The van der Waals surface area contributed by atoms with E-state index in [2.05, 4.69) is 0 Å². The Bertz CT molecular complexity index is 896. The van der Waals surface area contributed by atoms with E-state index in [-0.39, 0.29) is 16.0 Å². The molecule has 8 heteroatoms. The van der Waals surface area contributed by atoms with Gasteiger partial charge in [0.05, 0.1) is 0 Å². The van der Waals surface area contributed by atoms with Gasteiger partial charge in [-0.25, -0.2) is 0 Å². The number of hydrogen-bond donors (Lipinski definition) is 1. The summed E-state index contributed by atoms with van der Waals surface area (Å²) in [5, 5.41) is 0. The third-order valence-corrected chi connectivity index (χ3v) is 6.57. The van der Waals surface area contributed by atoms with Gasteiger partial charge in [-0.1, -0.05) is 0 Å². The molecule has 0 radical (unpaired) electrons. The molecule has 0 spiro atoms. The number of rotatable bonds is 7. The number of methoxy groups -OCH3 is 4. The summed E-state index contributed by atoms with van der Waals surface area (Å²) in [5.74, 6) is 1.41. The molecule has 0 saturated heterocycles. The number of hydrogen-bond acceptors (Lipinski definition) is 7. The van der Waals surface area contributed by atoms with Gasteiger partial charge in [0.1, 0.15) is 0 Å². The zero-order valence-electron chi connectivity index (χ0n) is 15.0. The van der Waals surface area contributed by atoms with E-state index in [9.17, 15) is 7.67 Å². The Morgan fingerprint density at radius 3 is 1.88 bits per heavy atom. The van der Waals surface area contributed by atoms with Crippen molar-refractivity contribution in [3.05, 3.63) is 40.9 Å². The van der Waals surface area contributed by atoms with E-state index in [1.165, 1.54) is 51.6 Å². The molecule has 2 aromatic rings. The van der Waals surface area contributed by atoms with Crippen LogP contribution in [0.2, 0.25) is 0 Å². The fourth-order valence-corrected chi connectivity index (χ4v) is 4.50. The minimum absolute atomic E-state index is 0.0912. The SMILES string of the molecule is COc1ccc(/C=C/[Se](=O)(=O)c2cc(OC)c(OC)c(OC)c2)cc1N. The van der Waals surface area contributed by atoms with Crippen LogP contribution < -0.4 is 29.1 Å². The Labute approximate surface area is 153 Å². The van der Waals surface area contributed by atoms with Gasteiger partial charge in [-0.05, 0) is 0 Å². The number of ether oxygens (including phenoxy) is 4. The van der Waals surface area contributed by atoms with Gasteiger partial charge in [0.25, 0.3) is 0 Å². The Hall–Kier alpha value is -2.70. The molecule has 0 aliphatic heterocycles. The Kier molecular flexibility index (Phi) is 6.13. The molecule has 0 aliphatic carbocycles. The van der Waals surface area contributed by atoms with Crippen LogP contribution >= 0.6 is 0 Å². The molecule has 0 aromatic heterocycles. The summed E-state index contributed by atoms with van der Waals surface area (Å²) in [6, 6.07) is 7.85. The summed E-state index contributed by atoms with van der Waals surface area (Å²) in [7, 11) is 5.82. The third kappa shape index (κ3) is 4.09. The quantitative estimate of drug-likeness (QED) is 0.535. The summed E-state index contributed by atoms with van der Waals surface area (Å²) in [5.41, 5.74) is 6.91. The first-order chi connectivity index (χ1) is 12.4. The van der Waals surface area contributed by atoms with E-state index in [1.807, 2.05) is 0 Å². The zero-order chi connectivity index (χ0) is 19.3. The van der Waals surface area contributed by atoms with E-state index >= 15 is 0 Å². The predicted octanol–water partition coefficient (Wildman–Crippen LogP) is 2.07. The van der Waals surface area contributed by atoms with Crippen LogP contribution in [0.15, 0.2) is 35.3 Å². The molecule has 2 N–H and O–H groups in total.